The lowest BCUT2D eigenvalue weighted by Gasteiger charge is -2.41. The number of amides is 1. The average molecular weight is 367 g/mol. The van der Waals surface area contributed by atoms with E-state index in [0.29, 0.717) is 13.2 Å². The van der Waals surface area contributed by atoms with Crippen molar-refractivity contribution in [2.45, 2.75) is 44.4 Å². The fraction of sp³-hybridized carbons (Fsp3) is 0.550. The van der Waals surface area contributed by atoms with E-state index in [9.17, 15) is 4.79 Å². The molecule has 0 radical (unpaired) electrons. The number of nitrogens with zero attached hydrogens (tertiary/aromatic N) is 5. The average Bonchev–Trinajstić information content (AvgIpc) is 3.23. The monoisotopic (exact) mass is 367 g/mol. The van der Waals surface area contributed by atoms with E-state index in [1.165, 1.54) is 24.9 Å². The molecule has 2 atom stereocenters. The van der Waals surface area contributed by atoms with E-state index in [1.54, 1.807) is 6.20 Å². The Bertz CT molecular complexity index is 812. The lowest BCUT2D eigenvalue weighted by Crippen LogP contribution is -2.50. The molecule has 5 rings (SSSR count). The van der Waals surface area contributed by atoms with Crippen LogP contribution >= 0.6 is 0 Å². The van der Waals surface area contributed by atoms with Gasteiger partial charge in [-0.1, -0.05) is 5.21 Å². The molecule has 7 heteroatoms. The van der Waals surface area contributed by atoms with Crippen LogP contribution in [0.15, 0.2) is 30.5 Å². The summed E-state index contributed by atoms with van der Waals surface area (Å²) in [5.41, 5.74) is 3.00. The Morgan fingerprint density at radius 2 is 1.89 bits per heavy atom. The van der Waals surface area contributed by atoms with Crippen molar-refractivity contribution in [1.29, 1.82) is 0 Å². The molecule has 3 aliphatic heterocycles. The van der Waals surface area contributed by atoms with Crippen LogP contribution in [0.5, 0.6) is 0 Å². The van der Waals surface area contributed by atoms with Crippen molar-refractivity contribution in [1.82, 2.24) is 19.9 Å². The first-order chi connectivity index (χ1) is 13.3. The predicted molar refractivity (Wildman–Crippen MR) is 101 cm³/mol. The first kappa shape index (κ1) is 16.7. The molecule has 0 saturated carbocycles. The molecule has 1 aromatic heterocycles. The number of hydrogen-bond acceptors (Lipinski definition) is 5. The third-order valence-corrected chi connectivity index (χ3v) is 6.06. The number of rotatable bonds is 2. The molecule has 2 saturated heterocycles. The van der Waals surface area contributed by atoms with Gasteiger partial charge in [-0.05, 0) is 49.9 Å². The number of benzene rings is 1. The number of fused-ring (bicyclic) bond motifs is 3. The summed E-state index contributed by atoms with van der Waals surface area (Å²) in [5, 5.41) is 8.19. The van der Waals surface area contributed by atoms with Crippen LogP contribution in [-0.4, -0.2) is 58.1 Å². The van der Waals surface area contributed by atoms with Gasteiger partial charge in [-0.2, -0.15) is 0 Å². The number of ether oxygens (including phenoxy) is 1. The number of carbonyl (C=O) groups excluding carboxylic acids is 1. The highest BCUT2D eigenvalue weighted by Crippen LogP contribution is 2.31. The zero-order chi connectivity index (χ0) is 18.2. The minimum absolute atomic E-state index is 0.00970. The second kappa shape index (κ2) is 6.96. The first-order valence-corrected chi connectivity index (χ1v) is 9.94. The summed E-state index contributed by atoms with van der Waals surface area (Å²) in [5.74, 6) is 0.0895. The van der Waals surface area contributed by atoms with Crippen LogP contribution in [0, 0.1) is 0 Å². The molecule has 27 heavy (non-hydrogen) atoms. The van der Waals surface area contributed by atoms with Crippen molar-refractivity contribution in [3.05, 3.63) is 41.7 Å². The van der Waals surface area contributed by atoms with Gasteiger partial charge in [0.15, 0.2) is 0 Å². The van der Waals surface area contributed by atoms with Gasteiger partial charge in [0.2, 0.25) is 0 Å². The van der Waals surface area contributed by atoms with Gasteiger partial charge < -0.3 is 14.5 Å². The fourth-order valence-electron chi connectivity index (χ4n) is 4.52. The molecule has 1 amide bonds. The molecule has 0 bridgehead atoms. The molecular weight excluding hydrogens is 342 g/mol. The maximum absolute atomic E-state index is 13.0. The quantitative estimate of drug-likeness (QED) is 0.815. The summed E-state index contributed by atoms with van der Waals surface area (Å²) in [4.78, 5) is 17.3. The highest BCUT2D eigenvalue weighted by atomic mass is 16.5. The Balaban J connectivity index is 1.26. The van der Waals surface area contributed by atoms with Gasteiger partial charge >= 0.3 is 0 Å². The second-order valence-corrected chi connectivity index (χ2v) is 7.72. The van der Waals surface area contributed by atoms with Crippen LogP contribution in [-0.2, 0) is 11.3 Å². The topological polar surface area (TPSA) is 63.5 Å². The van der Waals surface area contributed by atoms with E-state index in [1.807, 2.05) is 21.7 Å². The SMILES string of the molecule is O=C(c1ccc(N2CCCCC2)cc1)N1CC[C@H]2[C@H](C1)OCc1cnnn12. The van der Waals surface area contributed by atoms with Gasteiger partial charge in [0.05, 0.1) is 30.6 Å². The third-order valence-electron chi connectivity index (χ3n) is 6.06. The highest BCUT2D eigenvalue weighted by Gasteiger charge is 2.37. The van der Waals surface area contributed by atoms with Gasteiger partial charge in [-0.25, -0.2) is 4.68 Å². The molecule has 2 fully saturated rings. The van der Waals surface area contributed by atoms with Gasteiger partial charge in [0.1, 0.15) is 0 Å². The highest BCUT2D eigenvalue weighted by molar-refractivity contribution is 5.94. The van der Waals surface area contributed by atoms with Crippen molar-refractivity contribution in [2.24, 2.45) is 0 Å². The number of likely N-dealkylation sites (tertiary alicyclic amines) is 1. The predicted octanol–water partition coefficient (Wildman–Crippen LogP) is 2.25. The molecule has 0 N–H and O–H groups in total. The van der Waals surface area contributed by atoms with Crippen LogP contribution in [0.25, 0.3) is 0 Å². The number of aromatic nitrogens is 3. The van der Waals surface area contributed by atoms with E-state index in [4.69, 9.17) is 4.74 Å². The standard InChI is InChI=1S/C20H25N5O2/c26-20(15-4-6-16(7-5-15)23-9-2-1-3-10-23)24-11-8-18-19(13-24)27-14-17-12-21-22-25(17)18/h4-7,12,18-19H,1-3,8-11,13-14H2/t18-,19-/m0/s1. The first-order valence-electron chi connectivity index (χ1n) is 9.94. The minimum Gasteiger partial charge on any atom is -0.372 e. The fourth-order valence-corrected chi connectivity index (χ4v) is 4.52. The minimum atomic E-state index is -0.00970. The van der Waals surface area contributed by atoms with Crippen molar-refractivity contribution >= 4 is 11.6 Å². The Kier molecular flexibility index (Phi) is 4.32. The van der Waals surface area contributed by atoms with E-state index in [0.717, 1.165) is 37.3 Å². The van der Waals surface area contributed by atoms with Crippen molar-refractivity contribution in [3.63, 3.8) is 0 Å². The van der Waals surface area contributed by atoms with Crippen molar-refractivity contribution in [2.75, 3.05) is 31.1 Å². The summed E-state index contributed by atoms with van der Waals surface area (Å²) in [6.07, 6.45) is 6.43. The van der Waals surface area contributed by atoms with E-state index >= 15 is 0 Å². The summed E-state index contributed by atoms with van der Waals surface area (Å²) < 4.78 is 7.96. The lowest BCUT2D eigenvalue weighted by atomic mass is 9.99. The Hall–Kier alpha value is -2.41. The summed E-state index contributed by atoms with van der Waals surface area (Å²) in [6, 6.07) is 8.29. The van der Waals surface area contributed by atoms with Crippen molar-refractivity contribution < 1.29 is 9.53 Å². The molecule has 142 valence electrons. The molecule has 4 heterocycles. The number of carbonyl (C=O) groups is 1. The molecule has 2 aromatic rings. The molecule has 0 spiro atoms. The maximum Gasteiger partial charge on any atom is 0.253 e. The van der Waals surface area contributed by atoms with Gasteiger partial charge in [0.25, 0.3) is 5.91 Å². The Labute approximate surface area is 158 Å². The van der Waals surface area contributed by atoms with Crippen LogP contribution < -0.4 is 4.90 Å². The van der Waals surface area contributed by atoms with E-state index < -0.39 is 0 Å². The maximum atomic E-state index is 13.0. The molecule has 0 unspecified atom stereocenters. The largest absolute Gasteiger partial charge is 0.372 e. The number of hydrogen-bond donors (Lipinski definition) is 0. The van der Waals surface area contributed by atoms with Crippen molar-refractivity contribution in [3.8, 4) is 0 Å². The lowest BCUT2D eigenvalue weighted by molar-refractivity contribution is -0.0627. The van der Waals surface area contributed by atoms with Crippen LogP contribution in [0.3, 0.4) is 0 Å². The van der Waals surface area contributed by atoms with Gasteiger partial charge in [-0.3, -0.25) is 4.79 Å². The molecule has 3 aliphatic rings. The smallest absolute Gasteiger partial charge is 0.253 e. The number of anilines is 1. The molecular formula is C20H25N5O2. The third kappa shape index (κ3) is 3.10. The van der Waals surface area contributed by atoms with E-state index in [-0.39, 0.29) is 18.1 Å². The van der Waals surface area contributed by atoms with Gasteiger partial charge in [-0.15, -0.1) is 5.10 Å². The normalized spacial score (nSPS) is 25.0. The molecule has 1 aromatic carbocycles. The summed E-state index contributed by atoms with van der Waals surface area (Å²) in [6.45, 7) is 4.07. The zero-order valence-electron chi connectivity index (χ0n) is 15.5. The van der Waals surface area contributed by atoms with E-state index in [2.05, 4.69) is 27.3 Å². The van der Waals surface area contributed by atoms with Crippen LogP contribution in [0.1, 0.15) is 47.8 Å². The molecule has 0 aliphatic carbocycles. The zero-order valence-corrected chi connectivity index (χ0v) is 15.5. The van der Waals surface area contributed by atoms with Gasteiger partial charge in [0, 0.05) is 37.4 Å². The Morgan fingerprint density at radius 3 is 2.70 bits per heavy atom. The molecule has 7 nitrogen and oxygen atoms in total. The van der Waals surface area contributed by atoms with Crippen LogP contribution in [0.4, 0.5) is 5.69 Å². The Morgan fingerprint density at radius 1 is 1.07 bits per heavy atom. The summed E-state index contributed by atoms with van der Waals surface area (Å²) in [7, 11) is 0. The number of piperidine rings is 2. The summed E-state index contributed by atoms with van der Waals surface area (Å²) >= 11 is 0. The second-order valence-electron chi connectivity index (χ2n) is 7.72. The van der Waals surface area contributed by atoms with Crippen LogP contribution in [0.2, 0.25) is 0 Å².